The maximum absolute atomic E-state index is 12.5. The SMILES string of the molecule is CC1(C)Oc2cc3oc(=O)c4c5ccc(O)cc5oc4c3cc2[C@@H](O)[C@@H]1O. The van der Waals surface area contributed by atoms with Crippen molar-refractivity contribution in [1.29, 1.82) is 0 Å². The molecule has 0 fully saturated rings. The highest BCUT2D eigenvalue weighted by Gasteiger charge is 2.42. The van der Waals surface area contributed by atoms with Crippen molar-refractivity contribution in [1.82, 2.24) is 0 Å². The van der Waals surface area contributed by atoms with Gasteiger partial charge in [0.15, 0.2) is 5.58 Å². The molecule has 0 aliphatic carbocycles. The number of furan rings is 1. The van der Waals surface area contributed by atoms with Crippen LogP contribution in [0.1, 0.15) is 25.5 Å². The molecular weight excluding hydrogens is 352 g/mol. The standard InChI is InChI=1S/C20H16O7/c1-20(2)18(23)16(22)10-6-11-13(7-14(10)27-20)26-19(24)15-9-4-3-8(21)5-12(9)25-17(11)15/h3-7,16,18,21-23H,1-2H3/t16-,18+/m1/s1. The van der Waals surface area contributed by atoms with E-state index < -0.39 is 23.4 Å². The second kappa shape index (κ2) is 5.03. The zero-order valence-corrected chi connectivity index (χ0v) is 14.5. The molecule has 1 aliphatic heterocycles. The number of hydrogen-bond acceptors (Lipinski definition) is 7. The second-order valence-electron chi connectivity index (χ2n) is 7.36. The molecular formula is C20H16O7. The molecule has 0 radical (unpaired) electrons. The van der Waals surface area contributed by atoms with Gasteiger partial charge < -0.3 is 28.9 Å². The Morgan fingerprint density at radius 3 is 2.52 bits per heavy atom. The summed E-state index contributed by atoms with van der Waals surface area (Å²) in [5.41, 5.74) is -0.308. The quantitative estimate of drug-likeness (QED) is 0.409. The van der Waals surface area contributed by atoms with Crippen molar-refractivity contribution in [3.8, 4) is 11.5 Å². The molecule has 0 bridgehead atoms. The summed E-state index contributed by atoms with van der Waals surface area (Å²) in [6.07, 6.45) is -2.29. The first-order chi connectivity index (χ1) is 12.8. The fraction of sp³-hybridized carbons (Fsp3) is 0.250. The largest absolute Gasteiger partial charge is 0.508 e. The predicted octanol–water partition coefficient (Wildman–Crippen LogP) is 2.96. The van der Waals surface area contributed by atoms with Crippen LogP contribution in [-0.2, 0) is 0 Å². The third-order valence-electron chi connectivity index (χ3n) is 5.14. The Bertz CT molecular complexity index is 1290. The lowest BCUT2D eigenvalue weighted by Gasteiger charge is -2.40. The molecule has 4 aromatic rings. The van der Waals surface area contributed by atoms with Crippen LogP contribution in [0.2, 0.25) is 0 Å². The van der Waals surface area contributed by atoms with Gasteiger partial charge in [-0.2, -0.15) is 0 Å². The molecule has 7 heteroatoms. The lowest BCUT2D eigenvalue weighted by molar-refractivity contribution is -0.111. The summed E-state index contributed by atoms with van der Waals surface area (Å²) in [4.78, 5) is 12.5. The van der Waals surface area contributed by atoms with Crippen LogP contribution >= 0.6 is 0 Å². The molecule has 5 rings (SSSR count). The van der Waals surface area contributed by atoms with E-state index in [1.165, 1.54) is 18.2 Å². The van der Waals surface area contributed by atoms with E-state index in [0.29, 0.717) is 27.7 Å². The molecule has 2 aromatic heterocycles. The maximum Gasteiger partial charge on any atom is 0.348 e. The minimum Gasteiger partial charge on any atom is -0.508 e. The Labute approximate surface area is 152 Å². The van der Waals surface area contributed by atoms with Gasteiger partial charge in [0.25, 0.3) is 0 Å². The van der Waals surface area contributed by atoms with Gasteiger partial charge >= 0.3 is 5.63 Å². The molecule has 138 valence electrons. The highest BCUT2D eigenvalue weighted by atomic mass is 16.5. The van der Waals surface area contributed by atoms with Gasteiger partial charge in [-0.3, -0.25) is 0 Å². The minimum atomic E-state index is -1.16. The topological polar surface area (TPSA) is 113 Å². The van der Waals surface area contributed by atoms with E-state index in [1.807, 2.05) is 0 Å². The Kier molecular flexibility index (Phi) is 3.01. The number of ether oxygens (including phenoxy) is 1. The number of hydrogen-bond donors (Lipinski definition) is 3. The van der Waals surface area contributed by atoms with Crippen molar-refractivity contribution in [2.24, 2.45) is 0 Å². The Morgan fingerprint density at radius 2 is 1.74 bits per heavy atom. The number of fused-ring (bicyclic) bond motifs is 6. The molecule has 1 aliphatic rings. The molecule has 3 N–H and O–H groups in total. The highest BCUT2D eigenvalue weighted by Crippen LogP contribution is 2.43. The molecule has 0 amide bonds. The van der Waals surface area contributed by atoms with Crippen LogP contribution in [0.4, 0.5) is 0 Å². The van der Waals surface area contributed by atoms with Crippen LogP contribution < -0.4 is 10.4 Å². The molecule has 7 nitrogen and oxygen atoms in total. The third-order valence-corrected chi connectivity index (χ3v) is 5.14. The van der Waals surface area contributed by atoms with Gasteiger partial charge in [0.2, 0.25) is 0 Å². The van der Waals surface area contributed by atoms with Crippen LogP contribution in [0.5, 0.6) is 11.5 Å². The molecule has 2 aromatic carbocycles. The monoisotopic (exact) mass is 368 g/mol. The smallest absolute Gasteiger partial charge is 0.348 e. The number of aliphatic hydroxyl groups excluding tert-OH is 2. The summed E-state index contributed by atoms with van der Waals surface area (Å²) in [6.45, 7) is 3.33. The summed E-state index contributed by atoms with van der Waals surface area (Å²) < 4.78 is 17.1. The summed E-state index contributed by atoms with van der Waals surface area (Å²) >= 11 is 0. The van der Waals surface area contributed by atoms with E-state index in [4.69, 9.17) is 13.6 Å². The van der Waals surface area contributed by atoms with Crippen molar-refractivity contribution in [3.05, 3.63) is 46.3 Å². The van der Waals surface area contributed by atoms with Gasteiger partial charge in [-0.05, 0) is 32.0 Å². The van der Waals surface area contributed by atoms with Crippen LogP contribution in [-0.4, -0.2) is 27.0 Å². The van der Waals surface area contributed by atoms with E-state index in [1.54, 1.807) is 26.0 Å². The van der Waals surface area contributed by atoms with Crippen LogP contribution in [0.25, 0.3) is 32.9 Å². The maximum atomic E-state index is 12.5. The van der Waals surface area contributed by atoms with Gasteiger partial charge in [-0.25, -0.2) is 4.79 Å². The normalized spacial score (nSPS) is 21.5. The Balaban J connectivity index is 1.89. The highest BCUT2D eigenvalue weighted by molar-refractivity contribution is 6.13. The van der Waals surface area contributed by atoms with Gasteiger partial charge in [0.1, 0.15) is 45.9 Å². The van der Waals surface area contributed by atoms with Crippen LogP contribution in [0.15, 0.2) is 44.0 Å². The first-order valence-corrected chi connectivity index (χ1v) is 8.47. The Hall–Kier alpha value is -3.03. The summed E-state index contributed by atoms with van der Waals surface area (Å²) in [6, 6.07) is 7.59. The predicted molar refractivity (Wildman–Crippen MR) is 97.1 cm³/mol. The van der Waals surface area contributed by atoms with Gasteiger partial charge in [0, 0.05) is 23.1 Å². The molecule has 0 saturated heterocycles. The van der Waals surface area contributed by atoms with Gasteiger partial charge in [-0.15, -0.1) is 0 Å². The number of benzene rings is 2. The summed E-state index contributed by atoms with van der Waals surface area (Å²) in [5, 5.41) is 31.8. The number of aromatic hydroxyl groups is 1. The minimum absolute atomic E-state index is 0.0156. The van der Waals surface area contributed by atoms with Crippen molar-refractivity contribution in [2.45, 2.75) is 31.7 Å². The third kappa shape index (κ3) is 2.12. The lowest BCUT2D eigenvalue weighted by Crippen LogP contribution is -2.48. The fourth-order valence-electron chi connectivity index (χ4n) is 3.68. The first-order valence-electron chi connectivity index (χ1n) is 8.47. The van der Waals surface area contributed by atoms with Gasteiger partial charge in [-0.1, -0.05) is 0 Å². The van der Waals surface area contributed by atoms with E-state index in [0.717, 1.165) is 0 Å². The van der Waals surface area contributed by atoms with Crippen molar-refractivity contribution in [2.75, 3.05) is 0 Å². The summed E-state index contributed by atoms with van der Waals surface area (Å²) in [5.74, 6) is 0.350. The molecule has 0 unspecified atom stereocenters. The Morgan fingerprint density at radius 1 is 1.00 bits per heavy atom. The zero-order valence-electron chi connectivity index (χ0n) is 14.5. The van der Waals surface area contributed by atoms with Crippen molar-refractivity contribution >= 4 is 32.9 Å². The van der Waals surface area contributed by atoms with E-state index in [-0.39, 0.29) is 22.3 Å². The number of rotatable bonds is 0. The molecule has 27 heavy (non-hydrogen) atoms. The molecule has 3 heterocycles. The number of aliphatic hydroxyl groups is 2. The molecule has 0 spiro atoms. The number of phenols is 1. The van der Waals surface area contributed by atoms with Crippen LogP contribution in [0, 0.1) is 0 Å². The van der Waals surface area contributed by atoms with Crippen LogP contribution in [0.3, 0.4) is 0 Å². The van der Waals surface area contributed by atoms with Crippen molar-refractivity contribution < 1.29 is 28.9 Å². The van der Waals surface area contributed by atoms with E-state index >= 15 is 0 Å². The second-order valence-corrected chi connectivity index (χ2v) is 7.36. The first kappa shape index (κ1) is 16.2. The van der Waals surface area contributed by atoms with Gasteiger partial charge in [0.05, 0.1) is 5.39 Å². The average Bonchev–Trinajstić information content (AvgIpc) is 2.98. The summed E-state index contributed by atoms with van der Waals surface area (Å²) in [7, 11) is 0. The average molecular weight is 368 g/mol. The van der Waals surface area contributed by atoms with E-state index in [9.17, 15) is 20.1 Å². The fourth-order valence-corrected chi connectivity index (χ4v) is 3.68. The molecule has 0 saturated carbocycles. The molecule has 2 atom stereocenters. The lowest BCUT2D eigenvalue weighted by atomic mass is 9.88. The zero-order chi connectivity index (χ0) is 19.1. The van der Waals surface area contributed by atoms with E-state index in [2.05, 4.69) is 0 Å². The number of phenolic OH excluding ortho intramolecular Hbond substituents is 1. The van der Waals surface area contributed by atoms with Crippen molar-refractivity contribution in [3.63, 3.8) is 0 Å².